The maximum atomic E-state index is 11.8. The van der Waals surface area contributed by atoms with E-state index in [1.807, 2.05) is 0 Å². The summed E-state index contributed by atoms with van der Waals surface area (Å²) in [6.45, 7) is 1.06. The first-order chi connectivity index (χ1) is 7.65. The summed E-state index contributed by atoms with van der Waals surface area (Å²) in [5.74, 6) is 0.426. The van der Waals surface area contributed by atoms with Crippen molar-refractivity contribution in [2.75, 3.05) is 18.8 Å². The molecule has 0 unspecified atom stereocenters. The summed E-state index contributed by atoms with van der Waals surface area (Å²) in [7, 11) is 0. The van der Waals surface area contributed by atoms with Gasteiger partial charge in [-0.05, 0) is 0 Å². The molecule has 0 atom stereocenters. The van der Waals surface area contributed by atoms with Crippen molar-refractivity contribution in [3.8, 4) is 0 Å². The molecule has 1 saturated heterocycles. The van der Waals surface area contributed by atoms with Gasteiger partial charge in [0.05, 0.1) is 6.20 Å². The normalized spacial score (nSPS) is 16.5. The minimum Gasteiger partial charge on any atom is -0.381 e. The van der Waals surface area contributed by atoms with E-state index in [1.165, 1.54) is 11.0 Å². The van der Waals surface area contributed by atoms with Gasteiger partial charge < -0.3 is 10.6 Å². The van der Waals surface area contributed by atoms with Crippen LogP contribution in [0.3, 0.4) is 0 Å². The summed E-state index contributed by atoms with van der Waals surface area (Å²) in [4.78, 5) is 25.7. The SMILES string of the molecule is Nc1cnn(CC(=O)N2CCC(=O)CC2)n1. The van der Waals surface area contributed by atoms with Crippen LogP contribution in [0.5, 0.6) is 0 Å². The fourth-order valence-electron chi connectivity index (χ4n) is 1.61. The number of hydrogen-bond acceptors (Lipinski definition) is 5. The molecule has 1 aliphatic rings. The van der Waals surface area contributed by atoms with E-state index in [2.05, 4.69) is 10.2 Å². The summed E-state index contributed by atoms with van der Waals surface area (Å²) in [6.07, 6.45) is 2.29. The Labute approximate surface area is 92.2 Å². The number of nitrogen functional groups attached to an aromatic ring is 1. The first-order valence-electron chi connectivity index (χ1n) is 5.10. The molecule has 2 heterocycles. The first kappa shape index (κ1) is 10.6. The zero-order chi connectivity index (χ0) is 11.5. The van der Waals surface area contributed by atoms with Crippen molar-refractivity contribution < 1.29 is 9.59 Å². The van der Waals surface area contributed by atoms with Gasteiger partial charge in [0.2, 0.25) is 5.91 Å². The minimum atomic E-state index is -0.0805. The third-order valence-electron chi connectivity index (χ3n) is 2.50. The number of nitrogens with two attached hydrogens (primary N) is 1. The molecule has 86 valence electrons. The van der Waals surface area contributed by atoms with Crippen LogP contribution >= 0.6 is 0 Å². The highest BCUT2D eigenvalue weighted by Gasteiger charge is 2.21. The van der Waals surface area contributed by atoms with Crippen LogP contribution < -0.4 is 5.73 Å². The number of Topliss-reactive ketones (excluding diaryl/α,β-unsaturated/α-hetero) is 1. The molecule has 1 aromatic heterocycles. The van der Waals surface area contributed by atoms with E-state index in [-0.39, 0.29) is 18.2 Å². The van der Waals surface area contributed by atoms with Crippen LogP contribution in [0.25, 0.3) is 0 Å². The van der Waals surface area contributed by atoms with E-state index in [9.17, 15) is 9.59 Å². The molecule has 0 saturated carbocycles. The number of likely N-dealkylation sites (tertiary alicyclic amines) is 1. The van der Waals surface area contributed by atoms with Crippen LogP contribution in [0.4, 0.5) is 5.82 Å². The Balaban J connectivity index is 1.91. The molecule has 0 spiro atoms. The second kappa shape index (κ2) is 4.30. The molecule has 1 aromatic rings. The molecule has 1 fully saturated rings. The van der Waals surface area contributed by atoms with Crippen LogP contribution in [0.1, 0.15) is 12.8 Å². The first-order valence-corrected chi connectivity index (χ1v) is 5.10. The third-order valence-corrected chi connectivity index (χ3v) is 2.50. The fourth-order valence-corrected chi connectivity index (χ4v) is 1.61. The van der Waals surface area contributed by atoms with Crippen LogP contribution in [0, 0.1) is 0 Å². The predicted molar refractivity (Wildman–Crippen MR) is 55.3 cm³/mol. The molecule has 1 aliphatic heterocycles. The number of aromatic nitrogens is 3. The van der Waals surface area contributed by atoms with Gasteiger partial charge in [-0.2, -0.15) is 9.90 Å². The molecule has 7 nitrogen and oxygen atoms in total. The van der Waals surface area contributed by atoms with Crippen molar-refractivity contribution in [3.63, 3.8) is 0 Å². The maximum Gasteiger partial charge on any atom is 0.246 e. The molecule has 7 heteroatoms. The third kappa shape index (κ3) is 2.36. The summed E-state index contributed by atoms with van der Waals surface area (Å²) >= 11 is 0. The fraction of sp³-hybridized carbons (Fsp3) is 0.556. The van der Waals surface area contributed by atoms with E-state index in [1.54, 1.807) is 4.90 Å². The largest absolute Gasteiger partial charge is 0.381 e. The van der Waals surface area contributed by atoms with Crippen LogP contribution in [-0.2, 0) is 16.1 Å². The number of carbonyl (C=O) groups is 2. The molecule has 0 aliphatic carbocycles. The Bertz CT molecular complexity index is 404. The van der Waals surface area contributed by atoms with Gasteiger partial charge in [-0.15, -0.1) is 5.10 Å². The Kier molecular flexibility index (Phi) is 2.84. The number of ketones is 1. The van der Waals surface area contributed by atoms with Gasteiger partial charge in [0, 0.05) is 25.9 Å². The zero-order valence-corrected chi connectivity index (χ0v) is 8.80. The number of anilines is 1. The number of rotatable bonds is 2. The summed E-state index contributed by atoms with van der Waals surface area (Å²) in [6, 6.07) is 0. The summed E-state index contributed by atoms with van der Waals surface area (Å²) in [5.41, 5.74) is 5.39. The highest BCUT2D eigenvalue weighted by molar-refractivity contribution is 5.83. The van der Waals surface area contributed by atoms with Gasteiger partial charge in [-0.25, -0.2) is 0 Å². The van der Waals surface area contributed by atoms with E-state index < -0.39 is 0 Å². The van der Waals surface area contributed by atoms with E-state index in [0.29, 0.717) is 31.7 Å². The molecule has 0 radical (unpaired) electrons. The topological polar surface area (TPSA) is 94.1 Å². The standard InChI is InChI=1S/C9H13N5O2/c10-8-5-11-14(12-8)6-9(16)13-3-1-7(15)2-4-13/h5H,1-4,6H2,(H2,10,12). The Hall–Kier alpha value is -1.92. The second-order valence-corrected chi connectivity index (χ2v) is 3.72. The van der Waals surface area contributed by atoms with Crippen molar-refractivity contribution in [1.29, 1.82) is 0 Å². The Morgan fingerprint density at radius 2 is 2.12 bits per heavy atom. The number of carbonyl (C=O) groups excluding carboxylic acids is 2. The zero-order valence-electron chi connectivity index (χ0n) is 8.80. The van der Waals surface area contributed by atoms with Crippen molar-refractivity contribution in [2.45, 2.75) is 19.4 Å². The average molecular weight is 223 g/mol. The Morgan fingerprint density at radius 1 is 1.44 bits per heavy atom. The molecular weight excluding hydrogens is 210 g/mol. The number of nitrogens with zero attached hydrogens (tertiary/aromatic N) is 4. The van der Waals surface area contributed by atoms with Gasteiger partial charge in [0.25, 0.3) is 0 Å². The van der Waals surface area contributed by atoms with Crippen molar-refractivity contribution >= 4 is 17.5 Å². The molecule has 0 bridgehead atoms. The summed E-state index contributed by atoms with van der Waals surface area (Å²) in [5, 5.41) is 7.66. The quantitative estimate of drug-likeness (QED) is 0.697. The number of piperidine rings is 1. The van der Waals surface area contributed by atoms with Crippen LogP contribution in [0.15, 0.2) is 6.20 Å². The maximum absolute atomic E-state index is 11.8. The molecule has 2 rings (SSSR count). The van der Waals surface area contributed by atoms with E-state index >= 15 is 0 Å². The molecule has 1 amide bonds. The monoisotopic (exact) mass is 223 g/mol. The smallest absolute Gasteiger partial charge is 0.246 e. The lowest BCUT2D eigenvalue weighted by molar-refractivity contribution is -0.135. The lowest BCUT2D eigenvalue weighted by Gasteiger charge is -2.25. The van der Waals surface area contributed by atoms with Gasteiger partial charge in [-0.1, -0.05) is 0 Å². The van der Waals surface area contributed by atoms with Crippen molar-refractivity contribution in [2.24, 2.45) is 0 Å². The molecular formula is C9H13N5O2. The second-order valence-electron chi connectivity index (χ2n) is 3.72. The van der Waals surface area contributed by atoms with Gasteiger partial charge >= 0.3 is 0 Å². The minimum absolute atomic E-state index is 0.0748. The number of amides is 1. The average Bonchev–Trinajstić information content (AvgIpc) is 2.65. The van der Waals surface area contributed by atoms with E-state index in [0.717, 1.165) is 0 Å². The lowest BCUT2D eigenvalue weighted by Crippen LogP contribution is -2.40. The highest BCUT2D eigenvalue weighted by Crippen LogP contribution is 2.06. The van der Waals surface area contributed by atoms with Crippen LogP contribution in [0.2, 0.25) is 0 Å². The van der Waals surface area contributed by atoms with Crippen molar-refractivity contribution in [1.82, 2.24) is 19.9 Å². The lowest BCUT2D eigenvalue weighted by atomic mass is 10.1. The molecule has 16 heavy (non-hydrogen) atoms. The molecule has 2 N–H and O–H groups in total. The summed E-state index contributed by atoms with van der Waals surface area (Å²) < 4.78 is 0. The highest BCUT2D eigenvalue weighted by atomic mass is 16.2. The van der Waals surface area contributed by atoms with Gasteiger partial charge in [0.1, 0.15) is 12.3 Å². The van der Waals surface area contributed by atoms with Gasteiger partial charge in [0.15, 0.2) is 5.82 Å². The van der Waals surface area contributed by atoms with Crippen molar-refractivity contribution in [3.05, 3.63) is 6.20 Å². The number of hydrogen-bond donors (Lipinski definition) is 1. The van der Waals surface area contributed by atoms with Crippen LogP contribution in [-0.4, -0.2) is 44.7 Å². The van der Waals surface area contributed by atoms with E-state index in [4.69, 9.17) is 5.73 Å². The predicted octanol–water partition coefficient (Wildman–Crippen LogP) is -0.948. The van der Waals surface area contributed by atoms with Gasteiger partial charge in [-0.3, -0.25) is 9.59 Å². The molecule has 0 aromatic carbocycles. The Morgan fingerprint density at radius 3 is 2.69 bits per heavy atom.